The molecule has 4 fully saturated rings. The molecular formula is C71H96ClN23O12. The maximum absolute atomic E-state index is 12.8. The van der Waals surface area contributed by atoms with Gasteiger partial charge in [0.05, 0.1) is 42.6 Å². The lowest BCUT2D eigenvalue weighted by Gasteiger charge is -2.43. The molecule has 14 rings (SSSR count). The third-order valence-corrected chi connectivity index (χ3v) is 19.6. The molecule has 8 aromatic heterocycles. The van der Waals surface area contributed by atoms with E-state index in [9.17, 15) is 39.4 Å². The van der Waals surface area contributed by atoms with Gasteiger partial charge in [-0.2, -0.15) is 19.9 Å². The highest BCUT2D eigenvalue weighted by Gasteiger charge is 2.44. The normalized spacial score (nSPS) is 17.4. The molecule has 0 saturated heterocycles. The molecule has 36 heteroatoms. The van der Waals surface area contributed by atoms with Crippen molar-refractivity contribution in [3.05, 3.63) is 131 Å². The van der Waals surface area contributed by atoms with E-state index >= 15 is 0 Å². The molecule has 2 aliphatic heterocycles. The van der Waals surface area contributed by atoms with E-state index in [4.69, 9.17) is 40.9 Å². The molecule has 0 aromatic carbocycles. The number of Topliss-reactive ketones (excluding diaryl/α,β-unsaturated/α-hetero) is 1. The van der Waals surface area contributed by atoms with E-state index < -0.39 is 39.8 Å². The molecule has 0 radical (unpaired) electrons. The van der Waals surface area contributed by atoms with E-state index in [0.29, 0.717) is 49.0 Å². The van der Waals surface area contributed by atoms with Gasteiger partial charge >= 0.3 is 23.3 Å². The molecule has 2 N–H and O–H groups in total. The van der Waals surface area contributed by atoms with Gasteiger partial charge in [0.25, 0.3) is 5.97 Å². The molecular weight excluding hydrogens is 1400 g/mol. The fourth-order valence-electron chi connectivity index (χ4n) is 14.6. The number of carbonyl (C=O) groups is 5. The van der Waals surface area contributed by atoms with Crippen molar-refractivity contribution in [2.24, 2.45) is 0 Å². The molecule has 4 saturated carbocycles. The predicted molar refractivity (Wildman–Crippen MR) is 398 cm³/mol. The number of anilines is 5. The number of ether oxygens (including phenoxy) is 2. The molecule has 107 heavy (non-hydrogen) atoms. The number of methoxy groups -OCH3 is 2. The second-order valence-corrected chi connectivity index (χ2v) is 26.3. The van der Waals surface area contributed by atoms with Crippen LogP contribution in [0.1, 0.15) is 176 Å². The Morgan fingerprint density at radius 1 is 0.607 bits per heavy atom. The number of aliphatic carboxylic acids is 1. The smallest absolute Gasteiger partial charge is 0.329 e. The molecule has 10 heterocycles. The fraction of sp³-hybridized carbons (Fsp3) is 0.535. The largest absolute Gasteiger partial charge is 0.481 e. The first-order valence-corrected chi connectivity index (χ1v) is 36.2. The predicted octanol–water partition coefficient (Wildman–Crippen LogP) is 10.6. The van der Waals surface area contributed by atoms with E-state index in [-0.39, 0.29) is 71.7 Å². The highest BCUT2D eigenvalue weighted by molar-refractivity contribution is 6.28. The number of likely N-dealkylation sites (N-methyl/N-ethyl adjacent to an activating group) is 1. The monoisotopic (exact) mass is 1500 g/mol. The number of carbonyl (C=O) groups excluding carboxylic acids is 4. The van der Waals surface area contributed by atoms with Crippen molar-refractivity contribution in [3.8, 4) is 17.8 Å². The number of nitrogens with one attached hydrogen (secondary N) is 1. The zero-order chi connectivity index (χ0) is 76.0. The molecule has 35 nitrogen and oxygen atoms in total. The van der Waals surface area contributed by atoms with Gasteiger partial charge in [0.2, 0.25) is 40.7 Å². The summed E-state index contributed by atoms with van der Waals surface area (Å²) in [5.74, 6) is 2.24. The number of carboxylic acid groups (broad SMARTS) is 1. The van der Waals surface area contributed by atoms with E-state index in [1.54, 1.807) is 86.2 Å². The minimum Gasteiger partial charge on any atom is -0.481 e. The van der Waals surface area contributed by atoms with Gasteiger partial charge in [0.1, 0.15) is 61.0 Å². The Hall–Kier alpha value is -11.0. The van der Waals surface area contributed by atoms with Crippen LogP contribution < -0.4 is 24.5 Å². The van der Waals surface area contributed by atoms with Crippen LogP contribution in [0.15, 0.2) is 99.7 Å². The summed E-state index contributed by atoms with van der Waals surface area (Å²) < 4.78 is 15.0. The quantitative estimate of drug-likeness (QED) is 0.0329. The molecule has 8 aromatic rings. The Kier molecular flexibility index (Phi) is 30.1. The summed E-state index contributed by atoms with van der Waals surface area (Å²) in [5.41, 5.74) is 1.26. The number of nitro groups is 2. The minimum atomic E-state index is -0.833. The van der Waals surface area contributed by atoms with Gasteiger partial charge in [-0.1, -0.05) is 86.5 Å². The molecule has 1 amide bonds. The number of hydrogen-bond donors (Lipinski definition) is 2. The Bertz CT molecular complexity index is 4150. The topological polar surface area (TPSA) is 412 Å². The summed E-state index contributed by atoms with van der Waals surface area (Å²) in [5, 5.41) is 30.3. The first kappa shape index (κ1) is 81.7. The van der Waals surface area contributed by atoms with Crippen molar-refractivity contribution in [2.75, 3.05) is 45.8 Å². The summed E-state index contributed by atoms with van der Waals surface area (Å²) in [6.45, 7) is 8.93. The maximum atomic E-state index is 12.8. The fourth-order valence-corrected chi connectivity index (χ4v) is 14.7. The SMILES string of the molecule is C.CC(=O)O.CC[C@@H]1C(=O)Cc2cnc(-n3ccnc3)nc2N1C1CCCC1.CC[C@@H]1C(=O)N(C)c2cnc(-n3ccnc3)nc2N1C1CCCC1.CC[C@H](C(=O)OC)N(c1nc(-n2ccnc2)ncc1[N+](=O)[O-])C1CCCC1.CC[C@H](C(=O)OC)N(c1nc(Cl)ncc1[N+](=O)[O-])C1CCCC1.c1c[nH]cn1. The van der Waals surface area contributed by atoms with Crippen LogP contribution in [-0.2, 0) is 39.9 Å². The Balaban J connectivity index is 0.000000172. The maximum Gasteiger partial charge on any atom is 0.329 e. The minimum absolute atomic E-state index is 0. The molecule has 0 bridgehead atoms. The molecule has 4 atom stereocenters. The summed E-state index contributed by atoms with van der Waals surface area (Å²) >= 11 is 5.85. The van der Waals surface area contributed by atoms with Crippen LogP contribution in [0.25, 0.3) is 17.8 Å². The number of aromatic amines is 1. The summed E-state index contributed by atoms with van der Waals surface area (Å²) in [7, 11) is 4.44. The van der Waals surface area contributed by atoms with Gasteiger partial charge in [-0.3, -0.25) is 48.3 Å². The third kappa shape index (κ3) is 19.9. The van der Waals surface area contributed by atoms with E-state index in [1.807, 2.05) is 44.1 Å². The average Bonchev–Trinajstić information content (AvgIpc) is 1.39. The van der Waals surface area contributed by atoms with E-state index in [2.05, 4.69) is 78.5 Å². The Labute approximate surface area is 625 Å². The molecule has 0 unspecified atom stereocenters. The zero-order valence-corrected chi connectivity index (χ0v) is 61.6. The standard InChI is InChI=1S/C17H22N6O4.C17H22N6O.C17H21N5O.C14H19ClN4O4.C3H4N2.C2H4O2.CH4/c1-3-13(16(24)27-2)22(12-6-4-5-7-12)15-14(23(25)26)10-19-17(20-15)21-9-8-18-11-21;1-3-13-16(24)21(2)14-10-19-17(22-9-8-18-11-22)20-15(14)23(13)12-6-4-5-7-12;1-2-14-15(23)9-12-10-19-17(21-8-7-18-11-21)20-16(12)22(14)13-5-3-4-6-13;1-3-10(13(20)23-2)18(9-6-4-5-7-9)12-11(19(21)22)8-16-14(15)17-12;1-2-5-3-4-1;1-2(3)4;/h8-13H,3-7H2,1-2H3;8-13H,3-7H2,1-2H3;7-8,10-11,13-14H,2-6,9H2,1H3;8-10H,3-7H2,1-2H3;1-3H,(H,4,5);1H3,(H,3,4);1H4/t2*13-;14-;10-;;;/m1111.../s1. The second kappa shape index (κ2) is 39.4. The highest BCUT2D eigenvalue weighted by Crippen LogP contribution is 2.42. The lowest BCUT2D eigenvalue weighted by molar-refractivity contribution is -0.384. The van der Waals surface area contributed by atoms with Crippen LogP contribution in [0.4, 0.5) is 40.3 Å². The number of aromatic nitrogens is 16. The summed E-state index contributed by atoms with van der Waals surface area (Å²) in [6, 6.07) is -0.699. The van der Waals surface area contributed by atoms with Crippen LogP contribution in [0.2, 0.25) is 5.28 Å². The number of hydrogen-bond acceptors (Lipinski definition) is 27. The Morgan fingerprint density at radius 3 is 1.43 bits per heavy atom. The van der Waals surface area contributed by atoms with Crippen molar-refractivity contribution in [2.45, 2.75) is 225 Å². The van der Waals surface area contributed by atoms with Crippen molar-refractivity contribution in [3.63, 3.8) is 0 Å². The number of ketones is 1. The molecule has 0 spiro atoms. The molecule has 574 valence electrons. The van der Waals surface area contributed by atoms with Gasteiger partial charge in [0.15, 0.2) is 11.6 Å². The van der Waals surface area contributed by atoms with Crippen LogP contribution in [0, 0.1) is 20.2 Å². The lowest BCUT2D eigenvalue weighted by atomic mass is 9.94. The van der Waals surface area contributed by atoms with Gasteiger partial charge in [-0.25, -0.2) is 49.5 Å². The average molecular weight is 1500 g/mol. The number of nitrogens with zero attached hydrogens (tertiary/aromatic N) is 22. The molecule has 6 aliphatic rings. The van der Waals surface area contributed by atoms with Crippen LogP contribution in [-0.4, -0.2) is 193 Å². The first-order chi connectivity index (χ1) is 51.3. The van der Waals surface area contributed by atoms with Gasteiger partial charge in [-0.05, 0) is 88.7 Å². The summed E-state index contributed by atoms with van der Waals surface area (Å²) in [6.07, 6.45) is 45.9. The zero-order valence-electron chi connectivity index (χ0n) is 60.9. The number of esters is 2. The van der Waals surface area contributed by atoms with E-state index in [1.165, 1.54) is 52.4 Å². The number of amides is 1. The number of carboxylic acids is 1. The first-order valence-electron chi connectivity index (χ1n) is 35.8. The Morgan fingerprint density at radius 2 is 1.03 bits per heavy atom. The van der Waals surface area contributed by atoms with E-state index in [0.717, 1.165) is 126 Å². The highest BCUT2D eigenvalue weighted by atomic mass is 35.5. The summed E-state index contributed by atoms with van der Waals surface area (Å²) in [4.78, 5) is 144. The second-order valence-electron chi connectivity index (χ2n) is 26.0. The number of H-pyrrole nitrogens is 1. The van der Waals surface area contributed by atoms with Crippen LogP contribution >= 0.6 is 11.6 Å². The number of imidazole rings is 4. The van der Waals surface area contributed by atoms with Crippen molar-refractivity contribution in [1.82, 2.24) is 78.5 Å². The van der Waals surface area contributed by atoms with Crippen molar-refractivity contribution >= 4 is 81.5 Å². The van der Waals surface area contributed by atoms with Gasteiger partial charge < -0.3 is 44.1 Å². The molecule has 4 aliphatic carbocycles. The third-order valence-electron chi connectivity index (χ3n) is 19.4. The van der Waals surface area contributed by atoms with Crippen LogP contribution in [0.3, 0.4) is 0 Å². The van der Waals surface area contributed by atoms with Crippen LogP contribution in [0.5, 0.6) is 0 Å². The number of halogens is 1. The van der Waals surface area contributed by atoms with Crippen molar-refractivity contribution in [1.29, 1.82) is 0 Å². The van der Waals surface area contributed by atoms with Gasteiger partial charge in [0, 0.05) is 106 Å². The van der Waals surface area contributed by atoms with Gasteiger partial charge in [-0.15, -0.1) is 0 Å². The number of fused-ring (bicyclic) bond motifs is 2. The van der Waals surface area contributed by atoms with Crippen molar-refractivity contribution < 1.29 is 48.4 Å². The lowest BCUT2D eigenvalue weighted by Crippen LogP contribution is -2.55. The number of rotatable bonds is 19.